The molecule has 16 heavy (non-hydrogen) atoms. The van der Waals surface area contributed by atoms with Gasteiger partial charge in [0.2, 0.25) is 0 Å². The van der Waals surface area contributed by atoms with Crippen molar-refractivity contribution in [2.45, 2.75) is 13.0 Å². The zero-order valence-electron chi connectivity index (χ0n) is 9.27. The van der Waals surface area contributed by atoms with E-state index in [4.69, 9.17) is 11.6 Å². The van der Waals surface area contributed by atoms with Crippen molar-refractivity contribution in [1.82, 2.24) is 15.1 Å². The molecule has 2 heterocycles. The second-order valence-corrected chi connectivity index (χ2v) is 4.74. The monoisotopic (exact) mass is 255 g/mol. The Morgan fingerprint density at radius 3 is 2.94 bits per heavy atom. The van der Waals surface area contributed by atoms with Gasteiger partial charge < -0.3 is 5.32 Å². The lowest BCUT2D eigenvalue weighted by atomic mass is 10.1. The Bertz CT molecular complexity index is 430. The maximum atomic E-state index is 6.17. The van der Waals surface area contributed by atoms with E-state index in [9.17, 15) is 0 Å². The van der Waals surface area contributed by atoms with Gasteiger partial charge in [-0.05, 0) is 28.9 Å². The van der Waals surface area contributed by atoms with E-state index < -0.39 is 0 Å². The van der Waals surface area contributed by atoms with Crippen LogP contribution in [0.2, 0.25) is 5.02 Å². The predicted molar refractivity (Wildman–Crippen MR) is 68.1 cm³/mol. The highest BCUT2D eigenvalue weighted by Crippen LogP contribution is 2.28. The molecule has 0 amide bonds. The third kappa shape index (κ3) is 2.14. The molecule has 0 aromatic carbocycles. The minimum atomic E-state index is 0.122. The van der Waals surface area contributed by atoms with E-state index in [-0.39, 0.29) is 6.04 Å². The fourth-order valence-electron chi connectivity index (χ4n) is 1.76. The van der Waals surface area contributed by atoms with E-state index in [2.05, 4.69) is 34.2 Å². The van der Waals surface area contributed by atoms with Gasteiger partial charge in [-0.15, -0.1) is 0 Å². The maximum Gasteiger partial charge on any atom is 0.0837 e. The van der Waals surface area contributed by atoms with Gasteiger partial charge in [0.05, 0.1) is 23.0 Å². The minimum absolute atomic E-state index is 0.122. The fraction of sp³-hybridized carbons (Fsp3) is 0.364. The molecular weight excluding hydrogens is 242 g/mol. The van der Waals surface area contributed by atoms with Crippen molar-refractivity contribution in [3.63, 3.8) is 0 Å². The molecule has 1 N–H and O–H groups in total. The van der Waals surface area contributed by atoms with E-state index >= 15 is 0 Å². The van der Waals surface area contributed by atoms with Gasteiger partial charge >= 0.3 is 0 Å². The quantitative estimate of drug-likeness (QED) is 0.911. The van der Waals surface area contributed by atoms with Gasteiger partial charge in [-0.1, -0.05) is 18.5 Å². The van der Waals surface area contributed by atoms with E-state index in [1.807, 2.05) is 11.7 Å². The highest BCUT2D eigenvalue weighted by molar-refractivity contribution is 7.08. The summed E-state index contributed by atoms with van der Waals surface area (Å²) in [5.74, 6) is 0. The topological polar surface area (TPSA) is 29.9 Å². The average molecular weight is 256 g/mol. The summed E-state index contributed by atoms with van der Waals surface area (Å²) in [5, 5.41) is 12.5. The van der Waals surface area contributed by atoms with Crippen LogP contribution in [-0.2, 0) is 7.05 Å². The van der Waals surface area contributed by atoms with Crippen LogP contribution in [0.25, 0.3) is 0 Å². The molecule has 5 heteroatoms. The Balaban J connectivity index is 2.40. The summed E-state index contributed by atoms with van der Waals surface area (Å²) < 4.78 is 1.83. The molecule has 3 nitrogen and oxygen atoms in total. The molecule has 0 aliphatic heterocycles. The number of hydrogen-bond donors (Lipinski definition) is 1. The number of nitrogens with zero attached hydrogens (tertiary/aromatic N) is 2. The van der Waals surface area contributed by atoms with Gasteiger partial charge in [0.1, 0.15) is 0 Å². The van der Waals surface area contributed by atoms with Crippen LogP contribution in [0, 0.1) is 0 Å². The molecule has 2 aromatic rings. The molecular formula is C11H14ClN3S. The first-order valence-corrected chi connectivity index (χ1v) is 6.49. The van der Waals surface area contributed by atoms with Crippen LogP contribution < -0.4 is 5.32 Å². The van der Waals surface area contributed by atoms with Gasteiger partial charge in [0.25, 0.3) is 0 Å². The number of halogens is 1. The summed E-state index contributed by atoms with van der Waals surface area (Å²) in [6.45, 7) is 2.98. The summed E-state index contributed by atoms with van der Waals surface area (Å²) in [4.78, 5) is 0. The van der Waals surface area contributed by atoms with Gasteiger partial charge in [-0.25, -0.2) is 0 Å². The SMILES string of the molecule is CCNC(c1ccsc1)c1c(Cl)cnn1C. The number of aromatic nitrogens is 2. The fourth-order valence-corrected chi connectivity index (χ4v) is 2.72. The highest BCUT2D eigenvalue weighted by atomic mass is 35.5. The van der Waals surface area contributed by atoms with Crippen molar-refractivity contribution in [2.75, 3.05) is 6.54 Å². The highest BCUT2D eigenvalue weighted by Gasteiger charge is 2.20. The molecule has 0 aliphatic carbocycles. The Morgan fingerprint density at radius 1 is 1.62 bits per heavy atom. The lowest BCUT2D eigenvalue weighted by Crippen LogP contribution is -2.24. The first-order valence-electron chi connectivity index (χ1n) is 5.17. The Kier molecular flexibility index (Phi) is 3.63. The van der Waals surface area contributed by atoms with Crippen molar-refractivity contribution >= 4 is 22.9 Å². The van der Waals surface area contributed by atoms with Gasteiger partial charge in [-0.3, -0.25) is 4.68 Å². The molecule has 0 fully saturated rings. The molecule has 0 aliphatic rings. The average Bonchev–Trinajstić information content (AvgIpc) is 2.87. The smallest absolute Gasteiger partial charge is 0.0837 e. The van der Waals surface area contributed by atoms with Crippen molar-refractivity contribution < 1.29 is 0 Å². The minimum Gasteiger partial charge on any atom is -0.305 e. The van der Waals surface area contributed by atoms with Crippen LogP contribution in [-0.4, -0.2) is 16.3 Å². The van der Waals surface area contributed by atoms with Crippen LogP contribution >= 0.6 is 22.9 Å². The second kappa shape index (κ2) is 4.99. The normalized spacial score (nSPS) is 12.9. The van der Waals surface area contributed by atoms with E-state index in [0.29, 0.717) is 5.02 Å². The number of thiophene rings is 1. The van der Waals surface area contributed by atoms with Crippen LogP contribution in [0.1, 0.15) is 24.2 Å². The molecule has 2 aromatic heterocycles. The van der Waals surface area contributed by atoms with Crippen molar-refractivity contribution in [2.24, 2.45) is 7.05 Å². The van der Waals surface area contributed by atoms with Crippen molar-refractivity contribution in [3.8, 4) is 0 Å². The Labute approximate surface area is 104 Å². The molecule has 0 bridgehead atoms. The zero-order chi connectivity index (χ0) is 11.5. The third-order valence-corrected chi connectivity index (χ3v) is 3.49. The molecule has 1 unspecified atom stereocenters. The largest absolute Gasteiger partial charge is 0.305 e. The molecule has 0 saturated heterocycles. The summed E-state index contributed by atoms with van der Waals surface area (Å²) in [5.41, 5.74) is 2.25. The van der Waals surface area contributed by atoms with E-state index in [1.165, 1.54) is 5.56 Å². The summed E-state index contributed by atoms with van der Waals surface area (Å²) >= 11 is 7.86. The molecule has 0 radical (unpaired) electrons. The first-order chi connectivity index (χ1) is 7.74. The van der Waals surface area contributed by atoms with Gasteiger partial charge in [0.15, 0.2) is 0 Å². The van der Waals surface area contributed by atoms with Crippen molar-refractivity contribution in [3.05, 3.63) is 39.3 Å². The van der Waals surface area contributed by atoms with Gasteiger partial charge in [-0.2, -0.15) is 16.4 Å². The molecule has 0 saturated carbocycles. The predicted octanol–water partition coefficient (Wildman–Crippen LogP) is 2.83. The molecule has 2 rings (SSSR count). The lowest BCUT2D eigenvalue weighted by molar-refractivity contribution is 0.574. The van der Waals surface area contributed by atoms with Crippen LogP contribution in [0.4, 0.5) is 0 Å². The maximum absolute atomic E-state index is 6.17. The van der Waals surface area contributed by atoms with Gasteiger partial charge in [0, 0.05) is 7.05 Å². The summed E-state index contributed by atoms with van der Waals surface area (Å²) in [6, 6.07) is 2.23. The summed E-state index contributed by atoms with van der Waals surface area (Å²) in [6.07, 6.45) is 1.69. The number of rotatable bonds is 4. The molecule has 0 spiro atoms. The lowest BCUT2D eigenvalue weighted by Gasteiger charge is -2.17. The Morgan fingerprint density at radius 2 is 2.44 bits per heavy atom. The standard InChI is InChI=1S/C11H14ClN3S/c1-3-13-10(8-4-5-16-7-8)11-9(12)6-14-15(11)2/h4-7,10,13H,3H2,1-2H3. The third-order valence-electron chi connectivity index (χ3n) is 2.50. The van der Waals surface area contributed by atoms with Crippen LogP contribution in [0.5, 0.6) is 0 Å². The zero-order valence-corrected chi connectivity index (χ0v) is 10.8. The van der Waals surface area contributed by atoms with E-state index in [0.717, 1.165) is 12.2 Å². The second-order valence-electron chi connectivity index (χ2n) is 3.55. The van der Waals surface area contributed by atoms with E-state index in [1.54, 1.807) is 17.5 Å². The Hall–Kier alpha value is -0.840. The molecule has 1 atom stereocenters. The van der Waals surface area contributed by atoms with Crippen molar-refractivity contribution in [1.29, 1.82) is 0 Å². The summed E-state index contributed by atoms with van der Waals surface area (Å²) in [7, 11) is 1.91. The van der Waals surface area contributed by atoms with Crippen LogP contribution in [0.15, 0.2) is 23.0 Å². The number of aryl methyl sites for hydroxylation is 1. The first kappa shape index (κ1) is 11.6. The van der Waals surface area contributed by atoms with Crippen LogP contribution in [0.3, 0.4) is 0 Å². The number of nitrogens with one attached hydrogen (secondary N) is 1. The number of hydrogen-bond acceptors (Lipinski definition) is 3. The molecule has 86 valence electrons.